The fraction of sp³-hybridized carbons (Fsp3) is 0.444. The highest BCUT2D eigenvalue weighted by Crippen LogP contribution is 2.69. The van der Waals surface area contributed by atoms with E-state index in [1.54, 1.807) is 11.3 Å². The van der Waals surface area contributed by atoms with Gasteiger partial charge in [-0.15, -0.1) is 21.5 Å². The Kier molecular flexibility index (Phi) is 9.58. The van der Waals surface area contributed by atoms with Gasteiger partial charge in [0.1, 0.15) is 5.82 Å². The highest BCUT2D eigenvalue weighted by atomic mass is 32.2. The molecule has 11 heteroatoms. The second-order valence-electron chi connectivity index (χ2n) is 16.9. The molecule has 0 spiro atoms. The lowest BCUT2D eigenvalue weighted by atomic mass is 9.47. The normalized spacial score (nSPS) is 31.2. The SMILES string of the molecule is CCOC1=C(Sc2nnc(-c3c([C@H]4CC[C@H]5[C@@H]6CC=C7C[C@H](O)CC[C@]7(C)[C@H]6CC[C@]45C)csc3N)n2-c2ccccc2)C(c2ccccc2)C(C#N)=C(N)N1. The van der Waals surface area contributed by atoms with Gasteiger partial charge in [-0.3, -0.25) is 4.57 Å². The van der Waals surface area contributed by atoms with Gasteiger partial charge in [0.05, 0.1) is 45.7 Å². The van der Waals surface area contributed by atoms with Crippen molar-refractivity contribution in [1.82, 2.24) is 20.1 Å². The number of rotatable bonds is 8. The largest absolute Gasteiger partial charge is 0.479 e. The molecule has 2 aromatic heterocycles. The van der Waals surface area contributed by atoms with Crippen LogP contribution in [0, 0.1) is 39.9 Å². The van der Waals surface area contributed by atoms with Gasteiger partial charge in [-0.25, -0.2) is 0 Å². The Labute approximate surface area is 337 Å². The number of aliphatic hydroxyl groups excluding tert-OH is 1. The van der Waals surface area contributed by atoms with Crippen LogP contribution in [-0.4, -0.2) is 32.6 Å². The van der Waals surface area contributed by atoms with Gasteiger partial charge in [0.2, 0.25) is 11.0 Å². The molecule has 1 aliphatic heterocycles. The van der Waals surface area contributed by atoms with Gasteiger partial charge in [-0.1, -0.05) is 74.0 Å². The molecule has 56 heavy (non-hydrogen) atoms. The molecular weight excluding hydrogens is 735 g/mol. The molecule has 290 valence electrons. The van der Waals surface area contributed by atoms with E-state index in [9.17, 15) is 10.4 Å². The standard InChI is InChI=1S/C45H51N7O2S2/c1-4-54-42-38(36(26-11-7-5-8-12-26)31(24-46)39(47)49-42)56-43-51-50-41(52(43)28-13-9-6-10-14-28)37-32(25-55-40(37)48)34-18-17-33-30-16-15-27-23-29(53)19-21-44(27,2)35(30)20-22-45(33,34)3/h5-15,25,29-30,33-36,49,53H,4,16-23,47-48H2,1-3H3/t29-,30+,33+,34-,35+,36?,44+,45+/m1/s1. The van der Waals surface area contributed by atoms with Crippen LogP contribution in [0.2, 0.25) is 0 Å². The van der Waals surface area contributed by atoms with Crippen molar-refractivity contribution in [1.29, 1.82) is 5.26 Å². The van der Waals surface area contributed by atoms with E-state index in [4.69, 9.17) is 26.4 Å². The average Bonchev–Trinajstić information content (AvgIpc) is 3.90. The van der Waals surface area contributed by atoms with Crippen molar-refractivity contribution in [3.63, 3.8) is 0 Å². The van der Waals surface area contributed by atoms with Crippen LogP contribution in [-0.2, 0) is 4.74 Å². The summed E-state index contributed by atoms with van der Waals surface area (Å²) in [6.07, 6.45) is 11.1. The van der Waals surface area contributed by atoms with Crippen LogP contribution < -0.4 is 16.8 Å². The van der Waals surface area contributed by atoms with Gasteiger partial charge >= 0.3 is 0 Å². The van der Waals surface area contributed by atoms with Crippen LogP contribution >= 0.6 is 23.1 Å². The summed E-state index contributed by atoms with van der Waals surface area (Å²) in [5.41, 5.74) is 19.9. The minimum absolute atomic E-state index is 0.141. The maximum atomic E-state index is 10.5. The number of anilines is 1. The fourth-order valence-electron chi connectivity index (χ4n) is 11.6. The maximum absolute atomic E-state index is 10.5. The summed E-state index contributed by atoms with van der Waals surface area (Å²) < 4.78 is 8.31. The zero-order chi connectivity index (χ0) is 38.8. The average molecular weight is 786 g/mol. The fourth-order valence-corrected chi connectivity index (χ4v) is 13.6. The number of thiophene rings is 1. The summed E-state index contributed by atoms with van der Waals surface area (Å²) in [6, 6.07) is 22.5. The predicted octanol–water partition coefficient (Wildman–Crippen LogP) is 9.36. The first-order valence-electron chi connectivity index (χ1n) is 20.2. The molecule has 0 radical (unpaired) electrons. The van der Waals surface area contributed by atoms with Gasteiger partial charge < -0.3 is 26.6 Å². The molecule has 0 bridgehead atoms. The number of thioether (sulfide) groups is 1. The molecule has 3 heterocycles. The molecule has 3 fully saturated rings. The number of para-hydroxylation sites is 1. The summed E-state index contributed by atoms with van der Waals surface area (Å²) in [6.45, 7) is 7.42. The zero-order valence-corrected chi connectivity index (χ0v) is 34.0. The minimum Gasteiger partial charge on any atom is -0.479 e. The molecule has 4 aromatic rings. The topological polar surface area (TPSA) is 148 Å². The van der Waals surface area contributed by atoms with E-state index in [0.717, 1.165) is 64.6 Å². The number of hydrogen-bond donors (Lipinski definition) is 4. The number of allylic oxidation sites excluding steroid dienone is 3. The maximum Gasteiger partial charge on any atom is 0.203 e. The highest BCUT2D eigenvalue weighted by molar-refractivity contribution is 8.03. The molecule has 6 N–H and O–H groups in total. The number of nitriles is 1. The lowest BCUT2D eigenvalue weighted by molar-refractivity contribution is -0.0408. The molecule has 8 atom stereocenters. The van der Waals surface area contributed by atoms with E-state index in [1.807, 2.05) is 55.5 Å². The first-order chi connectivity index (χ1) is 27.2. The number of nitrogen functional groups attached to an aromatic ring is 1. The number of hydrogen-bond acceptors (Lipinski definition) is 10. The molecule has 2 aromatic carbocycles. The molecule has 5 aliphatic rings. The predicted molar refractivity (Wildman–Crippen MR) is 223 cm³/mol. The first kappa shape index (κ1) is 37.1. The van der Waals surface area contributed by atoms with Crippen LogP contribution in [0.1, 0.15) is 95.1 Å². The van der Waals surface area contributed by atoms with E-state index in [2.05, 4.69) is 53.4 Å². The van der Waals surface area contributed by atoms with Crippen LogP contribution in [0.4, 0.5) is 5.00 Å². The zero-order valence-electron chi connectivity index (χ0n) is 32.4. The van der Waals surface area contributed by atoms with Gasteiger partial charge in [0.15, 0.2) is 5.82 Å². The number of ether oxygens (including phenoxy) is 1. The smallest absolute Gasteiger partial charge is 0.203 e. The van der Waals surface area contributed by atoms with Gasteiger partial charge in [-0.2, -0.15) is 5.26 Å². The third-order valence-electron chi connectivity index (χ3n) is 14.2. The Balaban J connectivity index is 1.12. The Bertz CT molecular complexity index is 2270. The van der Waals surface area contributed by atoms with Crippen molar-refractivity contribution >= 4 is 28.1 Å². The van der Waals surface area contributed by atoms with Crippen molar-refractivity contribution in [3.05, 3.63) is 111 Å². The van der Waals surface area contributed by atoms with Crippen molar-refractivity contribution in [3.8, 4) is 23.1 Å². The van der Waals surface area contributed by atoms with E-state index in [0.29, 0.717) is 46.9 Å². The molecule has 9 nitrogen and oxygen atoms in total. The van der Waals surface area contributed by atoms with Crippen molar-refractivity contribution in [2.75, 3.05) is 12.3 Å². The Hall–Kier alpha value is -4.50. The third kappa shape index (κ3) is 5.90. The molecular formula is C45H51N7O2S2. The lowest BCUT2D eigenvalue weighted by Gasteiger charge is -2.58. The van der Waals surface area contributed by atoms with Crippen LogP contribution in [0.25, 0.3) is 17.1 Å². The Morgan fingerprint density at radius 1 is 1.02 bits per heavy atom. The van der Waals surface area contributed by atoms with Crippen LogP contribution in [0.15, 0.2) is 105 Å². The van der Waals surface area contributed by atoms with Crippen LogP contribution in [0.5, 0.6) is 0 Å². The van der Waals surface area contributed by atoms with Crippen molar-refractivity contribution in [2.24, 2.45) is 34.3 Å². The van der Waals surface area contributed by atoms with E-state index in [-0.39, 0.29) is 22.8 Å². The minimum atomic E-state index is -0.461. The monoisotopic (exact) mass is 785 g/mol. The number of dihydropyridines is 1. The number of nitrogens with one attached hydrogen (secondary N) is 1. The molecule has 0 amide bonds. The summed E-state index contributed by atoms with van der Waals surface area (Å²) in [7, 11) is 0. The number of fused-ring (bicyclic) bond motifs is 5. The van der Waals surface area contributed by atoms with Crippen LogP contribution in [0.3, 0.4) is 0 Å². The molecule has 0 saturated heterocycles. The highest BCUT2D eigenvalue weighted by Gasteiger charge is 2.59. The number of aromatic nitrogens is 3. The summed E-state index contributed by atoms with van der Waals surface area (Å²) in [5, 5.41) is 37.7. The summed E-state index contributed by atoms with van der Waals surface area (Å²) in [4.78, 5) is 0.784. The number of aliphatic hydroxyl groups is 1. The van der Waals surface area contributed by atoms with Gasteiger partial charge in [0.25, 0.3) is 0 Å². The van der Waals surface area contributed by atoms with Crippen molar-refractivity contribution < 1.29 is 9.84 Å². The molecule has 9 rings (SSSR count). The molecule has 3 saturated carbocycles. The third-order valence-corrected chi connectivity index (χ3v) is 16.1. The Morgan fingerprint density at radius 3 is 2.54 bits per heavy atom. The number of benzene rings is 2. The van der Waals surface area contributed by atoms with E-state index >= 15 is 0 Å². The van der Waals surface area contributed by atoms with Gasteiger partial charge in [0, 0.05) is 5.69 Å². The second-order valence-corrected chi connectivity index (χ2v) is 18.8. The van der Waals surface area contributed by atoms with Crippen molar-refractivity contribution in [2.45, 2.75) is 95.2 Å². The molecule has 1 unspecified atom stereocenters. The molecule has 4 aliphatic carbocycles. The number of nitrogens with two attached hydrogens (primary N) is 2. The van der Waals surface area contributed by atoms with E-state index in [1.165, 1.54) is 42.2 Å². The summed E-state index contributed by atoms with van der Waals surface area (Å²) >= 11 is 3.05. The first-order valence-corrected chi connectivity index (χ1v) is 21.9. The second kappa shape index (κ2) is 14.5. The Morgan fingerprint density at radius 2 is 1.79 bits per heavy atom. The summed E-state index contributed by atoms with van der Waals surface area (Å²) in [5.74, 6) is 3.37. The number of nitrogens with zero attached hydrogens (tertiary/aromatic N) is 4. The lowest BCUT2D eigenvalue weighted by Crippen LogP contribution is -2.50. The quantitative estimate of drug-likeness (QED) is 0.128. The van der Waals surface area contributed by atoms with E-state index < -0.39 is 5.92 Å². The van der Waals surface area contributed by atoms with Gasteiger partial charge in [-0.05, 0) is 133 Å².